The molecule has 37 heavy (non-hydrogen) atoms. The lowest BCUT2D eigenvalue weighted by molar-refractivity contribution is -0.137. The van der Waals surface area contributed by atoms with Crippen LogP contribution in [0, 0.1) is 0 Å². The SMILES string of the molecule is COc1ccc2cc(-c3cnc([C@H](CCCCCC(=O)O)NC(=O)OCc4ccccc4)[nH]3)ccc2c1. The molecule has 8 nitrogen and oxygen atoms in total. The van der Waals surface area contributed by atoms with Crippen LogP contribution >= 0.6 is 0 Å². The molecule has 3 N–H and O–H groups in total. The second kappa shape index (κ2) is 12.6. The molecule has 1 atom stereocenters. The number of H-pyrrole nitrogens is 1. The fourth-order valence-corrected chi connectivity index (χ4v) is 4.16. The number of rotatable bonds is 12. The van der Waals surface area contributed by atoms with Crippen molar-refractivity contribution in [1.29, 1.82) is 0 Å². The summed E-state index contributed by atoms with van der Waals surface area (Å²) in [5.41, 5.74) is 2.71. The van der Waals surface area contributed by atoms with E-state index in [2.05, 4.69) is 21.4 Å². The van der Waals surface area contributed by atoms with E-state index in [1.54, 1.807) is 13.3 Å². The van der Waals surface area contributed by atoms with Crippen LogP contribution in [-0.2, 0) is 16.1 Å². The van der Waals surface area contributed by atoms with Gasteiger partial charge in [-0.05, 0) is 47.4 Å². The van der Waals surface area contributed by atoms with E-state index in [9.17, 15) is 9.59 Å². The van der Waals surface area contributed by atoms with E-state index in [-0.39, 0.29) is 13.0 Å². The number of carboxylic acids is 1. The highest BCUT2D eigenvalue weighted by atomic mass is 16.5. The molecule has 1 heterocycles. The molecule has 0 aliphatic carbocycles. The molecule has 1 aromatic heterocycles. The smallest absolute Gasteiger partial charge is 0.408 e. The first-order valence-electron chi connectivity index (χ1n) is 12.3. The van der Waals surface area contributed by atoms with Crippen LogP contribution in [0.1, 0.15) is 49.5 Å². The number of fused-ring (bicyclic) bond motifs is 1. The zero-order valence-electron chi connectivity index (χ0n) is 20.8. The Bertz CT molecular complexity index is 1340. The third kappa shape index (κ3) is 7.33. The molecule has 0 aliphatic heterocycles. The third-order valence-electron chi connectivity index (χ3n) is 6.17. The largest absolute Gasteiger partial charge is 0.497 e. The van der Waals surface area contributed by atoms with Gasteiger partial charge in [0.2, 0.25) is 0 Å². The van der Waals surface area contributed by atoms with Gasteiger partial charge in [0.05, 0.1) is 25.0 Å². The number of aromatic amines is 1. The highest BCUT2D eigenvalue weighted by molar-refractivity contribution is 5.87. The molecule has 0 radical (unpaired) electrons. The third-order valence-corrected chi connectivity index (χ3v) is 6.17. The average molecular weight is 502 g/mol. The van der Waals surface area contributed by atoms with E-state index in [1.165, 1.54) is 0 Å². The number of nitrogens with zero attached hydrogens (tertiary/aromatic N) is 1. The molecule has 0 aliphatic rings. The van der Waals surface area contributed by atoms with E-state index >= 15 is 0 Å². The molecular formula is C29H31N3O5. The van der Waals surface area contributed by atoms with Crippen molar-refractivity contribution in [1.82, 2.24) is 15.3 Å². The monoisotopic (exact) mass is 501 g/mol. The first kappa shape index (κ1) is 25.8. The highest BCUT2D eigenvalue weighted by Gasteiger charge is 2.19. The Balaban J connectivity index is 1.46. The molecule has 0 unspecified atom stereocenters. The van der Waals surface area contributed by atoms with Gasteiger partial charge in [-0.3, -0.25) is 4.79 Å². The van der Waals surface area contributed by atoms with Gasteiger partial charge in [0.1, 0.15) is 18.2 Å². The quantitative estimate of drug-likeness (QED) is 0.198. The standard InChI is InChI=1S/C29H31N3O5/c1-36-24-15-14-21-16-23(13-12-22(21)17-24)26-18-30-28(31-26)25(10-6-3-7-11-27(33)34)32-29(35)37-19-20-8-4-2-5-9-20/h2,4-5,8-9,12-18,25H,3,6-7,10-11,19H2,1H3,(H,30,31)(H,32,35)(H,33,34)/t25-/m0/s1. The predicted octanol–water partition coefficient (Wildman–Crippen LogP) is 6.24. The molecule has 1 amide bonds. The Morgan fingerprint density at radius 1 is 1.00 bits per heavy atom. The number of methoxy groups -OCH3 is 1. The molecule has 0 saturated carbocycles. The summed E-state index contributed by atoms with van der Waals surface area (Å²) in [6.07, 6.45) is 4.04. The fourth-order valence-electron chi connectivity index (χ4n) is 4.16. The van der Waals surface area contributed by atoms with Crippen LogP contribution in [-0.4, -0.2) is 34.2 Å². The van der Waals surface area contributed by atoms with Crippen molar-refractivity contribution in [2.24, 2.45) is 0 Å². The van der Waals surface area contributed by atoms with Crippen molar-refractivity contribution in [3.05, 3.63) is 84.3 Å². The lowest BCUT2D eigenvalue weighted by Crippen LogP contribution is -2.30. The number of carboxylic acid groups (broad SMARTS) is 1. The summed E-state index contributed by atoms with van der Waals surface area (Å²) in [5, 5.41) is 14.0. The Kier molecular flexibility index (Phi) is 8.75. The summed E-state index contributed by atoms with van der Waals surface area (Å²) in [4.78, 5) is 31.3. The lowest BCUT2D eigenvalue weighted by Gasteiger charge is -2.17. The number of aliphatic carboxylic acids is 1. The molecule has 192 valence electrons. The van der Waals surface area contributed by atoms with Crippen LogP contribution < -0.4 is 10.1 Å². The zero-order valence-corrected chi connectivity index (χ0v) is 20.8. The number of unbranched alkanes of at least 4 members (excludes halogenated alkanes) is 2. The minimum atomic E-state index is -0.802. The van der Waals surface area contributed by atoms with Crippen LogP contribution in [0.2, 0.25) is 0 Å². The van der Waals surface area contributed by atoms with Crippen molar-refractivity contribution in [3.8, 4) is 17.0 Å². The molecule has 0 fully saturated rings. The summed E-state index contributed by atoms with van der Waals surface area (Å²) < 4.78 is 10.7. The number of amides is 1. The Labute approximate surface area is 215 Å². The summed E-state index contributed by atoms with van der Waals surface area (Å²) in [7, 11) is 1.65. The Morgan fingerprint density at radius 2 is 1.78 bits per heavy atom. The van der Waals surface area contributed by atoms with Crippen LogP contribution in [0.5, 0.6) is 5.75 Å². The lowest BCUT2D eigenvalue weighted by atomic mass is 10.0. The number of hydrogen-bond acceptors (Lipinski definition) is 5. The summed E-state index contributed by atoms with van der Waals surface area (Å²) in [6, 6.07) is 21.1. The molecule has 0 bridgehead atoms. The van der Waals surface area contributed by atoms with Gasteiger partial charge in [-0.2, -0.15) is 0 Å². The molecule has 3 aromatic carbocycles. The van der Waals surface area contributed by atoms with Crippen molar-refractivity contribution in [3.63, 3.8) is 0 Å². The summed E-state index contributed by atoms with van der Waals surface area (Å²) in [5.74, 6) is 0.629. The van der Waals surface area contributed by atoms with Crippen LogP contribution in [0.25, 0.3) is 22.0 Å². The molecular weight excluding hydrogens is 470 g/mol. The predicted molar refractivity (Wildman–Crippen MR) is 141 cm³/mol. The van der Waals surface area contributed by atoms with E-state index in [4.69, 9.17) is 14.6 Å². The van der Waals surface area contributed by atoms with Crippen LogP contribution in [0.4, 0.5) is 4.79 Å². The van der Waals surface area contributed by atoms with E-state index in [0.29, 0.717) is 18.7 Å². The number of aromatic nitrogens is 2. The van der Waals surface area contributed by atoms with Crippen molar-refractivity contribution < 1.29 is 24.2 Å². The van der Waals surface area contributed by atoms with Gasteiger partial charge in [0, 0.05) is 12.0 Å². The number of ether oxygens (including phenoxy) is 2. The summed E-state index contributed by atoms with van der Waals surface area (Å²) in [6.45, 7) is 0.170. The number of carbonyl (C=O) groups is 2. The molecule has 8 heteroatoms. The topological polar surface area (TPSA) is 114 Å². The van der Waals surface area contributed by atoms with E-state index < -0.39 is 18.1 Å². The Hall–Kier alpha value is -4.33. The normalized spacial score (nSPS) is 11.7. The van der Waals surface area contributed by atoms with E-state index in [1.807, 2.05) is 60.7 Å². The highest BCUT2D eigenvalue weighted by Crippen LogP contribution is 2.28. The minimum absolute atomic E-state index is 0.135. The van der Waals surface area contributed by atoms with Gasteiger partial charge < -0.3 is 24.9 Å². The average Bonchev–Trinajstić information content (AvgIpc) is 3.41. The second-order valence-corrected chi connectivity index (χ2v) is 8.86. The number of carbonyl (C=O) groups excluding carboxylic acids is 1. The maximum atomic E-state index is 12.6. The molecule has 0 saturated heterocycles. The van der Waals surface area contributed by atoms with Gasteiger partial charge in [-0.15, -0.1) is 0 Å². The summed E-state index contributed by atoms with van der Waals surface area (Å²) >= 11 is 0. The first-order chi connectivity index (χ1) is 18.0. The van der Waals surface area contributed by atoms with Gasteiger partial charge in [0.15, 0.2) is 0 Å². The van der Waals surface area contributed by atoms with E-state index in [0.717, 1.165) is 46.2 Å². The first-order valence-corrected chi connectivity index (χ1v) is 12.3. The number of nitrogens with one attached hydrogen (secondary N) is 2. The second-order valence-electron chi connectivity index (χ2n) is 8.86. The van der Waals surface area contributed by atoms with Crippen molar-refractivity contribution >= 4 is 22.8 Å². The van der Waals surface area contributed by atoms with Gasteiger partial charge in [0.25, 0.3) is 0 Å². The number of alkyl carbamates (subject to hydrolysis) is 1. The number of hydrogen-bond donors (Lipinski definition) is 3. The molecule has 4 rings (SSSR count). The maximum absolute atomic E-state index is 12.6. The van der Waals surface area contributed by atoms with Crippen LogP contribution in [0.3, 0.4) is 0 Å². The fraction of sp³-hybridized carbons (Fsp3) is 0.276. The van der Waals surface area contributed by atoms with Gasteiger partial charge >= 0.3 is 12.1 Å². The Morgan fingerprint density at radius 3 is 2.57 bits per heavy atom. The van der Waals surface area contributed by atoms with Crippen LogP contribution in [0.15, 0.2) is 72.9 Å². The number of benzene rings is 3. The zero-order chi connectivity index (χ0) is 26.0. The van der Waals surface area contributed by atoms with Crippen molar-refractivity contribution in [2.75, 3.05) is 7.11 Å². The molecule has 4 aromatic rings. The van der Waals surface area contributed by atoms with Crippen molar-refractivity contribution in [2.45, 2.75) is 44.8 Å². The van der Waals surface area contributed by atoms with Gasteiger partial charge in [-0.25, -0.2) is 9.78 Å². The number of imidazole rings is 1. The van der Waals surface area contributed by atoms with Gasteiger partial charge in [-0.1, -0.05) is 61.4 Å². The minimum Gasteiger partial charge on any atom is -0.497 e. The maximum Gasteiger partial charge on any atom is 0.408 e. The molecule has 0 spiro atoms.